The Bertz CT molecular complexity index is 646. The maximum Gasteiger partial charge on any atom is 0.242 e. The van der Waals surface area contributed by atoms with Crippen molar-refractivity contribution < 1.29 is 17.6 Å². The summed E-state index contributed by atoms with van der Waals surface area (Å²) in [5.74, 6) is -1.01. The Labute approximate surface area is 124 Å². The van der Waals surface area contributed by atoms with E-state index in [9.17, 15) is 17.6 Å². The summed E-state index contributed by atoms with van der Waals surface area (Å²) in [5.41, 5.74) is 0.898. The molecule has 1 atom stereocenters. The predicted molar refractivity (Wildman–Crippen MR) is 79.0 cm³/mol. The minimum absolute atomic E-state index is 0.0824. The van der Waals surface area contributed by atoms with E-state index in [1.807, 2.05) is 0 Å². The van der Waals surface area contributed by atoms with Gasteiger partial charge in [0.15, 0.2) is 0 Å². The minimum Gasteiger partial charge on any atom is -0.322 e. The summed E-state index contributed by atoms with van der Waals surface area (Å²) < 4.78 is 38.4. The first-order valence-corrected chi connectivity index (χ1v) is 8.67. The highest BCUT2D eigenvalue weighted by Gasteiger charge is 2.34. The lowest BCUT2D eigenvalue weighted by Crippen LogP contribution is -2.49. The first kappa shape index (κ1) is 15.9. The topological polar surface area (TPSA) is 66.5 Å². The molecule has 1 aromatic carbocycles. The van der Waals surface area contributed by atoms with Crippen LogP contribution in [-0.4, -0.2) is 37.5 Å². The third-order valence-electron chi connectivity index (χ3n) is 3.56. The molecular formula is C14H19FN2O3S. The molecule has 1 aliphatic heterocycles. The Morgan fingerprint density at radius 3 is 2.76 bits per heavy atom. The van der Waals surface area contributed by atoms with Crippen molar-refractivity contribution in [3.05, 3.63) is 29.6 Å². The molecule has 1 unspecified atom stereocenters. The van der Waals surface area contributed by atoms with Gasteiger partial charge >= 0.3 is 0 Å². The number of piperidine rings is 1. The highest BCUT2D eigenvalue weighted by Crippen LogP contribution is 2.22. The Balaban J connectivity index is 2.20. The highest BCUT2D eigenvalue weighted by atomic mass is 32.2. The molecule has 0 saturated carbocycles. The summed E-state index contributed by atoms with van der Waals surface area (Å²) in [4.78, 5) is 12.3. The van der Waals surface area contributed by atoms with Gasteiger partial charge in [0.1, 0.15) is 11.9 Å². The molecule has 1 aromatic rings. The van der Waals surface area contributed by atoms with Crippen LogP contribution in [0.15, 0.2) is 18.2 Å². The third-order valence-corrected chi connectivity index (χ3v) is 4.85. The normalized spacial score (nSPS) is 20.2. The molecule has 116 valence electrons. The molecule has 1 N–H and O–H groups in total. The summed E-state index contributed by atoms with van der Waals surface area (Å²) >= 11 is 0. The molecule has 7 heteroatoms. The van der Waals surface area contributed by atoms with E-state index >= 15 is 0 Å². The van der Waals surface area contributed by atoms with Crippen molar-refractivity contribution in [1.29, 1.82) is 0 Å². The van der Waals surface area contributed by atoms with E-state index in [4.69, 9.17) is 0 Å². The summed E-state index contributed by atoms with van der Waals surface area (Å²) in [6, 6.07) is 3.64. The van der Waals surface area contributed by atoms with Gasteiger partial charge in [-0.05, 0) is 37.5 Å². The number of hydrogen-bond donors (Lipinski definition) is 1. The number of rotatable bonds is 3. The lowest BCUT2D eigenvalue weighted by atomic mass is 10.0. The fraction of sp³-hybridized carbons (Fsp3) is 0.500. The summed E-state index contributed by atoms with van der Waals surface area (Å²) in [5, 5.41) is 2.50. The Hall–Kier alpha value is -1.47. The Morgan fingerprint density at radius 2 is 2.10 bits per heavy atom. The number of aryl methyl sites for hydroxylation is 1. The Morgan fingerprint density at radius 1 is 1.38 bits per heavy atom. The predicted octanol–water partition coefficient (Wildman–Crippen LogP) is 1.89. The molecule has 0 radical (unpaired) electrons. The number of halogens is 1. The van der Waals surface area contributed by atoms with E-state index in [-0.39, 0.29) is 5.69 Å². The van der Waals surface area contributed by atoms with Crippen molar-refractivity contribution in [2.24, 2.45) is 0 Å². The first-order chi connectivity index (χ1) is 9.79. The SMILES string of the molecule is Cc1ccc(F)c(NC(=O)C2CCCCN2S(C)(=O)=O)c1. The van der Waals surface area contributed by atoms with Crippen molar-refractivity contribution in [3.8, 4) is 0 Å². The van der Waals surface area contributed by atoms with Crippen LogP contribution >= 0.6 is 0 Å². The minimum atomic E-state index is -3.45. The summed E-state index contributed by atoms with van der Waals surface area (Å²) in [7, 11) is -3.45. The standard InChI is InChI=1S/C14H19FN2O3S/c1-10-6-7-11(15)12(9-10)16-14(18)13-5-3-4-8-17(13)21(2,19)20/h6-7,9,13H,3-5,8H2,1-2H3,(H,16,18). The van der Waals surface area contributed by atoms with Gasteiger partial charge in [0, 0.05) is 6.54 Å². The van der Waals surface area contributed by atoms with Crippen molar-refractivity contribution in [1.82, 2.24) is 4.31 Å². The zero-order valence-electron chi connectivity index (χ0n) is 12.1. The molecule has 1 aliphatic rings. The van der Waals surface area contributed by atoms with Gasteiger partial charge in [-0.3, -0.25) is 4.79 Å². The van der Waals surface area contributed by atoms with Crippen LogP contribution in [0.2, 0.25) is 0 Å². The van der Waals surface area contributed by atoms with Crippen LogP contribution in [0.3, 0.4) is 0 Å². The van der Waals surface area contributed by atoms with Crippen LogP contribution in [0, 0.1) is 12.7 Å². The smallest absolute Gasteiger partial charge is 0.242 e. The summed E-state index contributed by atoms with van der Waals surface area (Å²) in [6.45, 7) is 2.12. The number of nitrogens with one attached hydrogen (secondary N) is 1. The van der Waals surface area contributed by atoms with Gasteiger partial charge in [0.25, 0.3) is 0 Å². The Kier molecular flexibility index (Phi) is 4.63. The van der Waals surface area contributed by atoms with Gasteiger partial charge < -0.3 is 5.32 Å². The zero-order valence-corrected chi connectivity index (χ0v) is 12.9. The van der Waals surface area contributed by atoms with Gasteiger partial charge in [-0.25, -0.2) is 12.8 Å². The van der Waals surface area contributed by atoms with Crippen LogP contribution in [0.1, 0.15) is 24.8 Å². The third kappa shape index (κ3) is 3.79. The van der Waals surface area contributed by atoms with E-state index in [0.717, 1.165) is 24.7 Å². The molecule has 1 fully saturated rings. The zero-order chi connectivity index (χ0) is 15.6. The average Bonchev–Trinajstić information content (AvgIpc) is 2.42. The molecule has 0 spiro atoms. The molecule has 0 aromatic heterocycles. The van der Waals surface area contributed by atoms with Crippen molar-refractivity contribution in [2.45, 2.75) is 32.2 Å². The van der Waals surface area contributed by atoms with Crippen LogP contribution in [-0.2, 0) is 14.8 Å². The second kappa shape index (κ2) is 6.11. The first-order valence-electron chi connectivity index (χ1n) is 6.83. The lowest BCUT2D eigenvalue weighted by molar-refractivity contribution is -0.120. The molecule has 1 heterocycles. The molecule has 1 saturated heterocycles. The van der Waals surface area contributed by atoms with Gasteiger partial charge in [-0.2, -0.15) is 4.31 Å². The number of carbonyl (C=O) groups is 1. The van der Waals surface area contributed by atoms with Crippen LogP contribution < -0.4 is 5.32 Å². The largest absolute Gasteiger partial charge is 0.322 e. The maximum atomic E-state index is 13.7. The number of benzene rings is 1. The number of hydrogen-bond acceptors (Lipinski definition) is 3. The average molecular weight is 314 g/mol. The number of nitrogens with zero attached hydrogens (tertiary/aromatic N) is 1. The quantitative estimate of drug-likeness (QED) is 0.926. The van der Waals surface area contributed by atoms with Gasteiger partial charge in [-0.15, -0.1) is 0 Å². The van der Waals surface area contributed by atoms with E-state index in [1.54, 1.807) is 13.0 Å². The second-order valence-electron chi connectivity index (χ2n) is 5.36. The van der Waals surface area contributed by atoms with Crippen LogP contribution in [0.5, 0.6) is 0 Å². The van der Waals surface area contributed by atoms with Gasteiger partial charge in [-0.1, -0.05) is 12.5 Å². The van der Waals surface area contributed by atoms with Crippen LogP contribution in [0.4, 0.5) is 10.1 Å². The van der Waals surface area contributed by atoms with E-state index in [0.29, 0.717) is 13.0 Å². The lowest BCUT2D eigenvalue weighted by Gasteiger charge is -2.32. The number of amides is 1. The van der Waals surface area contributed by atoms with E-state index in [2.05, 4.69) is 5.32 Å². The highest BCUT2D eigenvalue weighted by molar-refractivity contribution is 7.88. The van der Waals surface area contributed by atoms with Crippen molar-refractivity contribution in [2.75, 3.05) is 18.1 Å². The monoisotopic (exact) mass is 314 g/mol. The fourth-order valence-corrected chi connectivity index (χ4v) is 3.64. The number of sulfonamides is 1. The van der Waals surface area contributed by atoms with Crippen molar-refractivity contribution in [3.63, 3.8) is 0 Å². The van der Waals surface area contributed by atoms with Gasteiger partial charge in [0.2, 0.25) is 15.9 Å². The molecule has 1 amide bonds. The van der Waals surface area contributed by atoms with E-state index in [1.165, 1.54) is 16.4 Å². The van der Waals surface area contributed by atoms with Crippen LogP contribution in [0.25, 0.3) is 0 Å². The molecule has 21 heavy (non-hydrogen) atoms. The fourth-order valence-electron chi connectivity index (χ4n) is 2.51. The number of anilines is 1. The molecule has 5 nitrogen and oxygen atoms in total. The second-order valence-corrected chi connectivity index (χ2v) is 7.29. The molecular weight excluding hydrogens is 295 g/mol. The molecule has 0 bridgehead atoms. The summed E-state index contributed by atoms with van der Waals surface area (Å²) in [6.07, 6.45) is 3.05. The molecule has 2 rings (SSSR count). The maximum absolute atomic E-state index is 13.7. The number of carbonyl (C=O) groups excluding carboxylic acids is 1. The molecule has 0 aliphatic carbocycles. The van der Waals surface area contributed by atoms with E-state index < -0.39 is 27.8 Å². The van der Waals surface area contributed by atoms with Crippen molar-refractivity contribution >= 4 is 21.6 Å². The van der Waals surface area contributed by atoms with Gasteiger partial charge in [0.05, 0.1) is 11.9 Å².